The van der Waals surface area contributed by atoms with Crippen molar-refractivity contribution >= 4 is 11.6 Å². The Morgan fingerprint density at radius 1 is 1.20 bits per heavy atom. The highest BCUT2D eigenvalue weighted by molar-refractivity contribution is 5.93. The van der Waals surface area contributed by atoms with Gasteiger partial charge in [-0.3, -0.25) is 4.99 Å². The minimum absolute atomic E-state index is 0.200. The van der Waals surface area contributed by atoms with Crippen LogP contribution in [0.2, 0.25) is 0 Å². The molecule has 0 aromatic heterocycles. The summed E-state index contributed by atoms with van der Waals surface area (Å²) in [5.41, 5.74) is 3.10. The van der Waals surface area contributed by atoms with Gasteiger partial charge in [-0.05, 0) is 31.2 Å². The maximum absolute atomic E-state index is 5.89. The van der Waals surface area contributed by atoms with Gasteiger partial charge in [-0.25, -0.2) is 0 Å². The molecule has 1 aliphatic rings. The third-order valence-electron chi connectivity index (χ3n) is 4.83. The second-order valence-corrected chi connectivity index (χ2v) is 7.18. The lowest BCUT2D eigenvalue weighted by atomic mass is 10.1. The van der Waals surface area contributed by atoms with Gasteiger partial charge in [0.25, 0.3) is 0 Å². The van der Waals surface area contributed by atoms with E-state index in [4.69, 9.17) is 18.9 Å². The molecule has 0 spiro atoms. The SMILES string of the molecule is CN=C(NCc1cc2c(cc1OC)CC(C)O2)Nc1cccc(OCCCOC)c1. The molecule has 2 N–H and O–H groups in total. The number of nitrogens with one attached hydrogen (secondary N) is 2. The predicted octanol–water partition coefficient (Wildman–Crippen LogP) is 3.62. The van der Waals surface area contributed by atoms with Crippen molar-refractivity contribution in [3.63, 3.8) is 0 Å². The number of methoxy groups -OCH3 is 2. The van der Waals surface area contributed by atoms with Gasteiger partial charge in [0.05, 0.1) is 13.7 Å². The average Bonchev–Trinajstić information content (AvgIpc) is 3.12. The molecule has 1 heterocycles. The van der Waals surface area contributed by atoms with Crippen LogP contribution in [0.5, 0.6) is 17.2 Å². The van der Waals surface area contributed by atoms with Gasteiger partial charge < -0.3 is 29.6 Å². The molecular formula is C23H31N3O4. The van der Waals surface area contributed by atoms with Crippen molar-refractivity contribution in [3.05, 3.63) is 47.5 Å². The number of guanidine groups is 1. The molecule has 0 fully saturated rings. The van der Waals surface area contributed by atoms with Crippen LogP contribution in [0.25, 0.3) is 0 Å². The third kappa shape index (κ3) is 5.79. The molecule has 3 rings (SSSR count). The molecule has 0 radical (unpaired) electrons. The Labute approximate surface area is 178 Å². The Kier molecular flexibility index (Phi) is 7.79. The lowest BCUT2D eigenvalue weighted by molar-refractivity contribution is 0.172. The first-order valence-corrected chi connectivity index (χ1v) is 10.2. The summed E-state index contributed by atoms with van der Waals surface area (Å²) in [6.07, 6.45) is 1.96. The quantitative estimate of drug-likeness (QED) is 0.372. The van der Waals surface area contributed by atoms with Crippen molar-refractivity contribution < 1.29 is 18.9 Å². The molecule has 7 nitrogen and oxygen atoms in total. The zero-order chi connectivity index (χ0) is 21.3. The van der Waals surface area contributed by atoms with Crippen molar-refractivity contribution in [1.29, 1.82) is 0 Å². The van der Waals surface area contributed by atoms with Gasteiger partial charge in [-0.15, -0.1) is 0 Å². The van der Waals surface area contributed by atoms with Crippen LogP contribution in [0.3, 0.4) is 0 Å². The lowest BCUT2D eigenvalue weighted by Crippen LogP contribution is -2.30. The Morgan fingerprint density at radius 2 is 2.07 bits per heavy atom. The average molecular weight is 414 g/mol. The zero-order valence-electron chi connectivity index (χ0n) is 18.2. The van der Waals surface area contributed by atoms with Gasteiger partial charge in [-0.2, -0.15) is 0 Å². The largest absolute Gasteiger partial charge is 0.496 e. The van der Waals surface area contributed by atoms with Gasteiger partial charge in [0, 0.05) is 63.0 Å². The van der Waals surface area contributed by atoms with Gasteiger partial charge in [0.1, 0.15) is 23.4 Å². The number of hydrogen-bond acceptors (Lipinski definition) is 5. The molecule has 0 amide bonds. The molecule has 162 valence electrons. The van der Waals surface area contributed by atoms with E-state index in [1.54, 1.807) is 21.3 Å². The van der Waals surface area contributed by atoms with Crippen LogP contribution < -0.4 is 24.8 Å². The van der Waals surface area contributed by atoms with E-state index in [-0.39, 0.29) is 6.10 Å². The first-order chi connectivity index (χ1) is 14.6. The second kappa shape index (κ2) is 10.7. The first kappa shape index (κ1) is 21.8. The van der Waals surface area contributed by atoms with Crippen LogP contribution in [-0.4, -0.2) is 46.5 Å². The fourth-order valence-electron chi connectivity index (χ4n) is 3.36. The fourth-order valence-corrected chi connectivity index (χ4v) is 3.36. The molecule has 2 aromatic carbocycles. The van der Waals surface area contributed by atoms with Crippen LogP contribution in [0.15, 0.2) is 41.4 Å². The maximum atomic E-state index is 5.89. The number of aliphatic imine (C=N–C) groups is 1. The predicted molar refractivity (Wildman–Crippen MR) is 119 cm³/mol. The number of benzene rings is 2. The number of ether oxygens (including phenoxy) is 4. The molecular weight excluding hydrogens is 382 g/mol. The molecule has 7 heteroatoms. The Morgan fingerprint density at radius 3 is 2.83 bits per heavy atom. The number of rotatable bonds is 9. The van der Waals surface area contributed by atoms with Crippen LogP contribution in [-0.2, 0) is 17.7 Å². The highest BCUT2D eigenvalue weighted by Crippen LogP contribution is 2.34. The van der Waals surface area contributed by atoms with Crippen LogP contribution in [0.4, 0.5) is 5.69 Å². The summed E-state index contributed by atoms with van der Waals surface area (Å²) in [5, 5.41) is 6.64. The summed E-state index contributed by atoms with van der Waals surface area (Å²) in [6.45, 7) is 3.93. The summed E-state index contributed by atoms with van der Waals surface area (Å²) < 4.78 is 22.3. The van der Waals surface area contributed by atoms with E-state index in [2.05, 4.69) is 28.6 Å². The van der Waals surface area contributed by atoms with E-state index < -0.39 is 0 Å². The Balaban J connectivity index is 1.60. The zero-order valence-corrected chi connectivity index (χ0v) is 18.2. The van der Waals surface area contributed by atoms with Crippen molar-refractivity contribution in [2.75, 3.05) is 39.8 Å². The Bertz CT molecular complexity index is 870. The number of fused-ring (bicyclic) bond motifs is 1. The summed E-state index contributed by atoms with van der Waals surface area (Å²) >= 11 is 0. The van der Waals surface area contributed by atoms with E-state index >= 15 is 0 Å². The van der Waals surface area contributed by atoms with Gasteiger partial charge >= 0.3 is 0 Å². The van der Waals surface area contributed by atoms with Crippen LogP contribution in [0.1, 0.15) is 24.5 Å². The van der Waals surface area contributed by atoms with Gasteiger partial charge in [0.15, 0.2) is 5.96 Å². The lowest BCUT2D eigenvalue weighted by Gasteiger charge is -2.15. The molecule has 1 aliphatic heterocycles. The second-order valence-electron chi connectivity index (χ2n) is 7.18. The van der Waals surface area contributed by atoms with E-state index in [0.717, 1.165) is 41.3 Å². The summed E-state index contributed by atoms with van der Waals surface area (Å²) in [6, 6.07) is 11.9. The van der Waals surface area contributed by atoms with Gasteiger partial charge in [0.2, 0.25) is 0 Å². The number of hydrogen-bond donors (Lipinski definition) is 2. The van der Waals surface area contributed by atoms with Crippen molar-refractivity contribution in [2.45, 2.75) is 32.4 Å². The summed E-state index contributed by atoms with van der Waals surface area (Å²) in [7, 11) is 5.12. The van der Waals surface area contributed by atoms with E-state index in [9.17, 15) is 0 Å². The van der Waals surface area contributed by atoms with E-state index in [1.165, 1.54) is 5.56 Å². The highest BCUT2D eigenvalue weighted by Gasteiger charge is 2.21. The highest BCUT2D eigenvalue weighted by atomic mass is 16.5. The minimum Gasteiger partial charge on any atom is -0.496 e. The van der Waals surface area contributed by atoms with Gasteiger partial charge in [-0.1, -0.05) is 6.07 Å². The molecule has 0 bridgehead atoms. The van der Waals surface area contributed by atoms with E-state index in [0.29, 0.717) is 25.7 Å². The normalized spacial score (nSPS) is 15.3. The Hall–Kier alpha value is -2.93. The molecule has 1 unspecified atom stereocenters. The molecule has 1 atom stereocenters. The fraction of sp³-hybridized carbons (Fsp3) is 0.435. The maximum Gasteiger partial charge on any atom is 0.195 e. The molecule has 0 saturated carbocycles. The molecule has 30 heavy (non-hydrogen) atoms. The summed E-state index contributed by atoms with van der Waals surface area (Å²) in [5.74, 6) is 3.24. The van der Waals surface area contributed by atoms with Crippen molar-refractivity contribution in [3.8, 4) is 17.2 Å². The standard InChI is InChI=1S/C23H31N3O4/c1-16-11-17-12-21(28-4)18(13-22(17)30-16)15-25-23(24-2)26-19-7-5-8-20(14-19)29-10-6-9-27-3/h5,7-8,12-14,16H,6,9-11,15H2,1-4H3,(H2,24,25,26). The monoisotopic (exact) mass is 413 g/mol. The molecule has 2 aromatic rings. The topological polar surface area (TPSA) is 73.3 Å². The number of anilines is 1. The van der Waals surface area contributed by atoms with Crippen molar-refractivity contribution in [2.24, 2.45) is 4.99 Å². The van der Waals surface area contributed by atoms with Crippen molar-refractivity contribution in [1.82, 2.24) is 5.32 Å². The van der Waals surface area contributed by atoms with Crippen LogP contribution >= 0.6 is 0 Å². The molecule has 0 aliphatic carbocycles. The van der Waals surface area contributed by atoms with Crippen LogP contribution in [0, 0.1) is 0 Å². The first-order valence-electron chi connectivity index (χ1n) is 10.2. The molecule has 0 saturated heterocycles. The van der Waals surface area contributed by atoms with E-state index in [1.807, 2.05) is 30.3 Å². The minimum atomic E-state index is 0.200. The smallest absolute Gasteiger partial charge is 0.195 e. The third-order valence-corrected chi connectivity index (χ3v) is 4.83. The summed E-state index contributed by atoms with van der Waals surface area (Å²) in [4.78, 5) is 4.32. The number of nitrogens with zero attached hydrogens (tertiary/aromatic N) is 1.